The van der Waals surface area contributed by atoms with Gasteiger partial charge in [0.2, 0.25) is 10.0 Å². The smallest absolute Gasteiger partial charge is 0.242 e. The Bertz CT molecular complexity index is 633. The Balaban J connectivity index is 2.10. The van der Waals surface area contributed by atoms with Crippen molar-refractivity contribution in [2.75, 3.05) is 5.73 Å². The van der Waals surface area contributed by atoms with Crippen LogP contribution in [0.15, 0.2) is 35.5 Å². The summed E-state index contributed by atoms with van der Waals surface area (Å²) in [5.41, 5.74) is 6.04. The van der Waals surface area contributed by atoms with Crippen LogP contribution in [0.5, 0.6) is 0 Å². The van der Waals surface area contributed by atoms with Crippen molar-refractivity contribution in [3.63, 3.8) is 0 Å². The van der Waals surface area contributed by atoms with Gasteiger partial charge in [-0.2, -0.15) is 5.10 Å². The molecule has 0 atom stereocenters. The van der Waals surface area contributed by atoms with Gasteiger partial charge < -0.3 is 5.73 Å². The lowest BCUT2D eigenvalue weighted by Crippen LogP contribution is -2.23. The van der Waals surface area contributed by atoms with Crippen molar-refractivity contribution in [1.29, 1.82) is 0 Å². The minimum Gasteiger partial charge on any atom is -0.384 e. The first kappa shape index (κ1) is 12.5. The maximum Gasteiger partial charge on any atom is 0.242 e. The van der Waals surface area contributed by atoms with Gasteiger partial charge in [-0.1, -0.05) is 0 Å². The minimum atomic E-state index is -3.58. The highest BCUT2D eigenvalue weighted by molar-refractivity contribution is 7.89. The molecule has 0 aliphatic carbocycles. The van der Waals surface area contributed by atoms with Crippen molar-refractivity contribution >= 4 is 15.8 Å². The summed E-state index contributed by atoms with van der Waals surface area (Å²) in [5.74, 6) is 0.277. The lowest BCUT2D eigenvalue weighted by Gasteiger charge is -2.04. The zero-order chi connectivity index (χ0) is 13.2. The van der Waals surface area contributed by atoms with Gasteiger partial charge in [0.25, 0.3) is 0 Å². The van der Waals surface area contributed by atoms with E-state index < -0.39 is 10.0 Å². The average molecular weight is 267 g/mol. The van der Waals surface area contributed by atoms with E-state index in [9.17, 15) is 8.42 Å². The summed E-state index contributed by atoms with van der Waals surface area (Å²) in [6, 6.07) is 4.59. The monoisotopic (exact) mass is 267 g/mol. The standard InChI is InChI=1S/C10H13N5O2S/c1-15-5-4-8(14-15)6-13-18(16,17)9-2-3-10(11)12-7-9/h2-5,7,13H,6H2,1H3,(H2,11,12). The molecule has 2 aromatic rings. The van der Waals surface area contributed by atoms with Crippen LogP contribution in [0.2, 0.25) is 0 Å². The fraction of sp³-hybridized carbons (Fsp3) is 0.200. The van der Waals surface area contributed by atoms with Crippen LogP contribution in [0.3, 0.4) is 0 Å². The second-order valence-electron chi connectivity index (χ2n) is 3.72. The number of rotatable bonds is 4. The van der Waals surface area contributed by atoms with E-state index in [1.54, 1.807) is 24.0 Å². The zero-order valence-electron chi connectivity index (χ0n) is 9.74. The van der Waals surface area contributed by atoms with E-state index in [0.29, 0.717) is 5.69 Å². The Morgan fingerprint density at radius 1 is 1.39 bits per heavy atom. The molecular formula is C10H13N5O2S. The van der Waals surface area contributed by atoms with Gasteiger partial charge in [0.05, 0.1) is 12.2 Å². The molecule has 2 heterocycles. The highest BCUT2D eigenvalue weighted by Crippen LogP contribution is 2.09. The lowest BCUT2D eigenvalue weighted by molar-refractivity contribution is 0.579. The first-order valence-corrected chi connectivity index (χ1v) is 6.65. The van der Waals surface area contributed by atoms with Crippen molar-refractivity contribution in [2.24, 2.45) is 7.05 Å². The molecule has 0 spiro atoms. The summed E-state index contributed by atoms with van der Waals surface area (Å²) in [7, 11) is -1.82. The van der Waals surface area contributed by atoms with E-state index >= 15 is 0 Å². The predicted molar refractivity (Wildman–Crippen MR) is 65.9 cm³/mol. The molecular weight excluding hydrogens is 254 g/mol. The Kier molecular flexibility index (Phi) is 3.30. The van der Waals surface area contributed by atoms with Gasteiger partial charge in [-0.05, 0) is 18.2 Å². The molecule has 18 heavy (non-hydrogen) atoms. The molecule has 0 unspecified atom stereocenters. The van der Waals surface area contributed by atoms with Gasteiger partial charge in [0.15, 0.2) is 0 Å². The number of nitrogens with two attached hydrogens (primary N) is 1. The molecule has 7 nitrogen and oxygen atoms in total. The summed E-state index contributed by atoms with van der Waals surface area (Å²) in [4.78, 5) is 3.82. The molecule has 2 rings (SSSR count). The Hall–Kier alpha value is -1.93. The second-order valence-corrected chi connectivity index (χ2v) is 5.49. The molecule has 0 bridgehead atoms. The SMILES string of the molecule is Cn1ccc(CNS(=O)(=O)c2ccc(N)nc2)n1. The number of nitrogens with zero attached hydrogens (tertiary/aromatic N) is 3. The van der Waals surface area contributed by atoms with E-state index in [-0.39, 0.29) is 17.3 Å². The minimum absolute atomic E-state index is 0.0765. The van der Waals surface area contributed by atoms with Crippen LogP contribution in [0.25, 0.3) is 0 Å². The van der Waals surface area contributed by atoms with Crippen LogP contribution in [0, 0.1) is 0 Å². The van der Waals surface area contributed by atoms with E-state index in [1.165, 1.54) is 18.3 Å². The molecule has 8 heteroatoms. The molecule has 3 N–H and O–H groups in total. The molecule has 0 aliphatic heterocycles. The summed E-state index contributed by atoms with van der Waals surface area (Å²) in [6.07, 6.45) is 2.96. The molecule has 0 radical (unpaired) electrons. The van der Waals surface area contributed by atoms with Crippen molar-refractivity contribution in [2.45, 2.75) is 11.4 Å². The average Bonchev–Trinajstić information content (AvgIpc) is 2.73. The summed E-state index contributed by atoms with van der Waals surface area (Å²) in [6.45, 7) is 0.132. The number of aryl methyl sites for hydroxylation is 1. The summed E-state index contributed by atoms with van der Waals surface area (Å²) >= 11 is 0. The number of pyridine rings is 1. The fourth-order valence-electron chi connectivity index (χ4n) is 1.36. The van der Waals surface area contributed by atoms with Crippen LogP contribution in [-0.2, 0) is 23.6 Å². The van der Waals surface area contributed by atoms with Crippen molar-refractivity contribution in [1.82, 2.24) is 19.5 Å². The highest BCUT2D eigenvalue weighted by Gasteiger charge is 2.14. The highest BCUT2D eigenvalue weighted by atomic mass is 32.2. The van der Waals surface area contributed by atoms with Crippen molar-refractivity contribution < 1.29 is 8.42 Å². The van der Waals surface area contributed by atoms with Gasteiger partial charge >= 0.3 is 0 Å². The third-order valence-corrected chi connectivity index (χ3v) is 3.67. The number of anilines is 1. The maximum absolute atomic E-state index is 11.9. The Labute approximate surface area is 105 Å². The van der Waals surface area contributed by atoms with Crippen LogP contribution in [-0.4, -0.2) is 23.2 Å². The number of sulfonamides is 1. The summed E-state index contributed by atoms with van der Waals surface area (Å²) in [5, 5.41) is 4.08. The van der Waals surface area contributed by atoms with E-state index in [4.69, 9.17) is 5.73 Å². The van der Waals surface area contributed by atoms with Gasteiger partial charge in [0, 0.05) is 19.4 Å². The third kappa shape index (κ3) is 2.84. The number of nitrogen functional groups attached to an aromatic ring is 1. The largest absolute Gasteiger partial charge is 0.384 e. The van der Waals surface area contributed by atoms with Crippen molar-refractivity contribution in [3.8, 4) is 0 Å². The predicted octanol–water partition coefficient (Wildman–Crippen LogP) is -0.124. The number of hydrogen-bond acceptors (Lipinski definition) is 5. The quantitative estimate of drug-likeness (QED) is 0.803. The van der Waals surface area contributed by atoms with Crippen LogP contribution < -0.4 is 10.5 Å². The molecule has 0 saturated heterocycles. The zero-order valence-corrected chi connectivity index (χ0v) is 10.6. The van der Waals surface area contributed by atoms with Crippen LogP contribution in [0.4, 0.5) is 5.82 Å². The van der Waals surface area contributed by atoms with Crippen LogP contribution >= 0.6 is 0 Å². The van der Waals surface area contributed by atoms with Gasteiger partial charge in [0.1, 0.15) is 10.7 Å². The molecule has 0 aromatic carbocycles. The maximum atomic E-state index is 11.9. The van der Waals surface area contributed by atoms with Gasteiger partial charge in [-0.3, -0.25) is 4.68 Å². The number of hydrogen-bond donors (Lipinski definition) is 2. The molecule has 0 fully saturated rings. The molecule has 2 aromatic heterocycles. The molecule has 0 amide bonds. The van der Waals surface area contributed by atoms with Gasteiger partial charge in [-0.25, -0.2) is 18.1 Å². The van der Waals surface area contributed by atoms with Gasteiger partial charge in [-0.15, -0.1) is 0 Å². The van der Waals surface area contributed by atoms with E-state index in [1.807, 2.05) is 0 Å². The third-order valence-electron chi connectivity index (χ3n) is 2.28. The molecule has 96 valence electrons. The lowest BCUT2D eigenvalue weighted by atomic mass is 10.4. The van der Waals surface area contributed by atoms with E-state index in [2.05, 4.69) is 14.8 Å². The topological polar surface area (TPSA) is 103 Å². The normalized spacial score (nSPS) is 11.6. The molecule has 0 aliphatic rings. The number of aromatic nitrogens is 3. The van der Waals surface area contributed by atoms with Crippen molar-refractivity contribution in [3.05, 3.63) is 36.3 Å². The summed E-state index contributed by atoms with van der Waals surface area (Å²) < 4.78 is 27.8. The first-order valence-electron chi connectivity index (χ1n) is 5.17. The Morgan fingerprint density at radius 3 is 2.72 bits per heavy atom. The van der Waals surface area contributed by atoms with E-state index in [0.717, 1.165) is 0 Å². The molecule has 0 saturated carbocycles. The fourth-order valence-corrected chi connectivity index (χ4v) is 2.30. The van der Waals surface area contributed by atoms with Crippen LogP contribution in [0.1, 0.15) is 5.69 Å². The Morgan fingerprint density at radius 2 is 2.17 bits per heavy atom. The number of nitrogens with one attached hydrogen (secondary N) is 1. The second kappa shape index (κ2) is 4.75. The first-order chi connectivity index (χ1) is 8.47.